The highest BCUT2D eigenvalue weighted by molar-refractivity contribution is 5.92. The largest absolute Gasteiger partial charge is 0.493 e. The number of amides is 1. The Bertz CT molecular complexity index is 1150. The molecule has 8 nitrogen and oxygen atoms in total. The van der Waals surface area contributed by atoms with Crippen molar-refractivity contribution < 1.29 is 14.3 Å². The van der Waals surface area contributed by atoms with Crippen molar-refractivity contribution in [2.24, 2.45) is 0 Å². The van der Waals surface area contributed by atoms with Gasteiger partial charge >= 0.3 is 0 Å². The number of ether oxygens (including phenoxy) is 2. The normalized spacial score (nSPS) is 13.7. The van der Waals surface area contributed by atoms with Crippen molar-refractivity contribution in [2.75, 3.05) is 12.4 Å². The number of benzene rings is 1. The number of aromatic nitrogens is 3. The van der Waals surface area contributed by atoms with E-state index < -0.39 is 0 Å². The SMILES string of the molecule is COc1ccc(NC(=O)Cc2c(C)nc(-c3cccnc3)[nH]c2=O)cc1OC1CCCC1. The number of carbonyl (C=O) groups excluding carboxylic acids is 1. The molecule has 0 spiro atoms. The van der Waals surface area contributed by atoms with Gasteiger partial charge in [0.25, 0.3) is 5.56 Å². The van der Waals surface area contributed by atoms with Gasteiger partial charge in [0.1, 0.15) is 5.82 Å². The first-order valence-electron chi connectivity index (χ1n) is 10.7. The van der Waals surface area contributed by atoms with E-state index in [0.717, 1.165) is 25.7 Å². The van der Waals surface area contributed by atoms with E-state index in [1.165, 1.54) is 0 Å². The van der Waals surface area contributed by atoms with E-state index in [4.69, 9.17) is 9.47 Å². The van der Waals surface area contributed by atoms with Crippen LogP contribution < -0.4 is 20.3 Å². The molecule has 0 unspecified atom stereocenters. The van der Waals surface area contributed by atoms with Gasteiger partial charge < -0.3 is 19.8 Å². The number of rotatable bonds is 7. The van der Waals surface area contributed by atoms with Crippen LogP contribution in [0.5, 0.6) is 11.5 Å². The molecular weight excluding hydrogens is 408 g/mol. The van der Waals surface area contributed by atoms with Crippen LogP contribution in [0.25, 0.3) is 11.4 Å². The summed E-state index contributed by atoms with van der Waals surface area (Å²) in [4.78, 5) is 36.5. The van der Waals surface area contributed by atoms with E-state index in [1.54, 1.807) is 50.7 Å². The van der Waals surface area contributed by atoms with Crippen molar-refractivity contribution in [2.45, 2.75) is 45.1 Å². The predicted molar refractivity (Wildman–Crippen MR) is 121 cm³/mol. The van der Waals surface area contributed by atoms with Crippen LogP contribution in [0.1, 0.15) is 36.9 Å². The highest BCUT2D eigenvalue weighted by Gasteiger charge is 2.19. The molecule has 4 rings (SSSR count). The fourth-order valence-corrected chi connectivity index (χ4v) is 3.86. The predicted octanol–water partition coefficient (Wildman–Crippen LogP) is 3.65. The fourth-order valence-electron chi connectivity index (χ4n) is 3.86. The summed E-state index contributed by atoms with van der Waals surface area (Å²) in [7, 11) is 1.59. The lowest BCUT2D eigenvalue weighted by atomic mass is 10.1. The molecule has 1 aromatic carbocycles. The summed E-state index contributed by atoms with van der Waals surface area (Å²) >= 11 is 0. The van der Waals surface area contributed by atoms with Gasteiger partial charge in [0.15, 0.2) is 11.5 Å². The van der Waals surface area contributed by atoms with Crippen molar-refractivity contribution in [3.63, 3.8) is 0 Å². The molecule has 2 N–H and O–H groups in total. The minimum Gasteiger partial charge on any atom is -0.493 e. The number of anilines is 1. The van der Waals surface area contributed by atoms with Crippen molar-refractivity contribution >= 4 is 11.6 Å². The van der Waals surface area contributed by atoms with Crippen LogP contribution in [0.15, 0.2) is 47.5 Å². The Balaban J connectivity index is 1.48. The monoisotopic (exact) mass is 434 g/mol. The van der Waals surface area contributed by atoms with Gasteiger partial charge in [0, 0.05) is 41.0 Å². The van der Waals surface area contributed by atoms with Gasteiger partial charge in [-0.1, -0.05) is 0 Å². The van der Waals surface area contributed by atoms with Crippen molar-refractivity contribution in [1.82, 2.24) is 15.0 Å². The van der Waals surface area contributed by atoms with Crippen molar-refractivity contribution in [3.05, 3.63) is 64.3 Å². The van der Waals surface area contributed by atoms with Crippen molar-refractivity contribution in [1.29, 1.82) is 0 Å². The number of nitrogens with one attached hydrogen (secondary N) is 2. The number of nitrogens with zero attached hydrogens (tertiary/aromatic N) is 2. The molecule has 2 aromatic heterocycles. The van der Waals surface area contributed by atoms with Gasteiger partial charge in [-0.05, 0) is 56.9 Å². The van der Waals surface area contributed by atoms with Gasteiger partial charge in [0.05, 0.1) is 19.6 Å². The second kappa shape index (κ2) is 9.64. The summed E-state index contributed by atoms with van der Waals surface area (Å²) in [5.41, 5.74) is 1.77. The van der Waals surface area contributed by atoms with E-state index in [2.05, 4.69) is 20.3 Å². The molecule has 0 radical (unpaired) electrons. The molecule has 0 aliphatic heterocycles. The summed E-state index contributed by atoms with van der Waals surface area (Å²) < 4.78 is 11.5. The average molecular weight is 434 g/mol. The maximum absolute atomic E-state index is 12.7. The molecule has 0 bridgehead atoms. The van der Waals surface area contributed by atoms with E-state index in [9.17, 15) is 9.59 Å². The molecule has 1 aliphatic rings. The van der Waals surface area contributed by atoms with Crippen LogP contribution in [0.2, 0.25) is 0 Å². The van der Waals surface area contributed by atoms with E-state index >= 15 is 0 Å². The molecule has 1 amide bonds. The second-order valence-electron chi connectivity index (χ2n) is 7.84. The molecular formula is C24H26N4O4. The maximum atomic E-state index is 12.7. The van der Waals surface area contributed by atoms with Gasteiger partial charge in [-0.25, -0.2) is 4.98 Å². The second-order valence-corrected chi connectivity index (χ2v) is 7.84. The van der Waals surface area contributed by atoms with Crippen molar-refractivity contribution in [3.8, 4) is 22.9 Å². The Morgan fingerprint density at radius 3 is 2.72 bits per heavy atom. The molecule has 32 heavy (non-hydrogen) atoms. The molecule has 1 aliphatic carbocycles. The van der Waals surface area contributed by atoms with Crippen LogP contribution in [-0.2, 0) is 11.2 Å². The number of carbonyl (C=O) groups is 1. The first kappa shape index (κ1) is 21.5. The molecule has 8 heteroatoms. The van der Waals surface area contributed by atoms with Crippen LogP contribution >= 0.6 is 0 Å². The minimum absolute atomic E-state index is 0.0909. The molecule has 0 saturated heterocycles. The number of hydrogen-bond acceptors (Lipinski definition) is 6. The lowest BCUT2D eigenvalue weighted by molar-refractivity contribution is -0.115. The van der Waals surface area contributed by atoms with Crippen LogP contribution in [-0.4, -0.2) is 34.1 Å². The Morgan fingerprint density at radius 2 is 2.03 bits per heavy atom. The zero-order valence-electron chi connectivity index (χ0n) is 18.2. The van der Waals surface area contributed by atoms with Crippen LogP contribution in [0.3, 0.4) is 0 Å². The highest BCUT2D eigenvalue weighted by Crippen LogP contribution is 2.34. The highest BCUT2D eigenvalue weighted by atomic mass is 16.5. The van der Waals surface area contributed by atoms with E-state index in [1.807, 2.05) is 6.07 Å². The van der Waals surface area contributed by atoms with Gasteiger partial charge in [-0.2, -0.15) is 0 Å². The molecule has 0 atom stereocenters. The third-order valence-electron chi connectivity index (χ3n) is 5.54. The van der Waals surface area contributed by atoms with Crippen LogP contribution in [0, 0.1) is 6.92 Å². The molecule has 1 fully saturated rings. The third-order valence-corrected chi connectivity index (χ3v) is 5.54. The number of pyridine rings is 1. The Morgan fingerprint density at radius 1 is 1.22 bits per heavy atom. The standard InChI is InChI=1S/C24H26N4O4/c1-15-19(24(30)28-23(26-15)16-6-5-11-25-14-16)13-22(29)27-17-9-10-20(31-2)21(12-17)32-18-7-3-4-8-18/h5-6,9-12,14,18H,3-4,7-8,13H2,1-2H3,(H,27,29)(H,26,28,30). The zero-order chi connectivity index (χ0) is 22.5. The first-order chi connectivity index (χ1) is 15.5. The molecule has 1 saturated carbocycles. The maximum Gasteiger partial charge on any atom is 0.255 e. The van der Waals surface area contributed by atoms with E-state index in [0.29, 0.717) is 39.8 Å². The summed E-state index contributed by atoms with van der Waals surface area (Å²) in [6, 6.07) is 8.86. The zero-order valence-corrected chi connectivity index (χ0v) is 18.2. The van der Waals surface area contributed by atoms with Gasteiger partial charge in [0.2, 0.25) is 5.91 Å². The van der Waals surface area contributed by atoms with Crippen LogP contribution in [0.4, 0.5) is 5.69 Å². The smallest absolute Gasteiger partial charge is 0.255 e. The lowest BCUT2D eigenvalue weighted by Gasteiger charge is -2.17. The Hall–Kier alpha value is -3.68. The quantitative estimate of drug-likeness (QED) is 0.588. The Kier molecular flexibility index (Phi) is 6.49. The number of aromatic amines is 1. The number of hydrogen-bond donors (Lipinski definition) is 2. The molecule has 3 aromatic rings. The van der Waals surface area contributed by atoms with Gasteiger partial charge in [-0.3, -0.25) is 14.6 Å². The number of H-pyrrole nitrogens is 1. The average Bonchev–Trinajstić information content (AvgIpc) is 3.30. The summed E-state index contributed by atoms with van der Waals surface area (Å²) in [6.45, 7) is 1.72. The summed E-state index contributed by atoms with van der Waals surface area (Å²) in [5.74, 6) is 1.34. The summed E-state index contributed by atoms with van der Waals surface area (Å²) in [5, 5.41) is 2.84. The van der Waals surface area contributed by atoms with Gasteiger partial charge in [-0.15, -0.1) is 0 Å². The Labute approximate surface area is 186 Å². The summed E-state index contributed by atoms with van der Waals surface area (Å²) in [6.07, 6.45) is 7.70. The topological polar surface area (TPSA) is 106 Å². The molecule has 166 valence electrons. The first-order valence-corrected chi connectivity index (χ1v) is 10.7. The lowest BCUT2D eigenvalue weighted by Crippen LogP contribution is -2.24. The number of aryl methyl sites for hydroxylation is 1. The molecule has 2 heterocycles. The third kappa shape index (κ3) is 4.96. The fraction of sp³-hybridized carbons (Fsp3) is 0.333. The van der Waals surface area contributed by atoms with E-state index in [-0.39, 0.29) is 24.0 Å². The number of methoxy groups -OCH3 is 1. The minimum atomic E-state index is -0.341.